The number of morpholine rings is 1. The van der Waals surface area contributed by atoms with Crippen LogP contribution in [0.2, 0.25) is 0 Å². The first-order valence-corrected chi connectivity index (χ1v) is 7.48. The highest BCUT2D eigenvalue weighted by molar-refractivity contribution is 5.85. The normalized spacial score (nSPS) is 21.8. The zero-order valence-electron chi connectivity index (χ0n) is 12.3. The minimum Gasteiger partial charge on any atom is -0.381 e. The van der Waals surface area contributed by atoms with Crippen LogP contribution in [0.5, 0.6) is 0 Å². The first-order chi connectivity index (χ1) is 10.5. The van der Waals surface area contributed by atoms with E-state index in [9.17, 15) is 13.6 Å². The van der Waals surface area contributed by atoms with E-state index < -0.39 is 17.4 Å². The van der Waals surface area contributed by atoms with Crippen LogP contribution in [-0.4, -0.2) is 49.3 Å². The third-order valence-electron chi connectivity index (χ3n) is 4.34. The van der Waals surface area contributed by atoms with Gasteiger partial charge in [-0.05, 0) is 0 Å². The van der Waals surface area contributed by atoms with Crippen LogP contribution in [-0.2, 0) is 20.2 Å². The van der Waals surface area contributed by atoms with Crippen molar-refractivity contribution in [2.45, 2.75) is 24.4 Å². The predicted molar refractivity (Wildman–Crippen MR) is 75.7 cm³/mol. The van der Waals surface area contributed by atoms with Gasteiger partial charge in [-0.3, -0.25) is 4.79 Å². The standard InChI is InChI=1S/C16H19F2NO3/c17-16(18,13-4-2-1-3-5-13)14(20)19-8-11-22-15(12-19)6-9-21-10-7-15/h1-5H,6-12H2. The molecule has 4 nitrogen and oxygen atoms in total. The number of carbonyl (C=O) groups is 1. The van der Waals surface area contributed by atoms with Gasteiger partial charge in [0.25, 0.3) is 5.91 Å². The summed E-state index contributed by atoms with van der Waals surface area (Å²) in [6.45, 7) is 1.77. The fraction of sp³-hybridized carbons (Fsp3) is 0.562. The molecule has 2 aliphatic rings. The van der Waals surface area contributed by atoms with E-state index in [0.717, 1.165) is 0 Å². The van der Waals surface area contributed by atoms with Gasteiger partial charge in [0.15, 0.2) is 0 Å². The molecule has 3 rings (SSSR count). The second-order valence-corrected chi connectivity index (χ2v) is 5.81. The van der Waals surface area contributed by atoms with E-state index in [2.05, 4.69) is 0 Å². The van der Waals surface area contributed by atoms with Crippen LogP contribution in [0.15, 0.2) is 30.3 Å². The van der Waals surface area contributed by atoms with Crippen molar-refractivity contribution in [3.8, 4) is 0 Å². The van der Waals surface area contributed by atoms with Gasteiger partial charge >= 0.3 is 5.92 Å². The molecule has 6 heteroatoms. The highest BCUT2D eigenvalue weighted by atomic mass is 19.3. The zero-order chi connectivity index (χ0) is 15.6. The molecule has 22 heavy (non-hydrogen) atoms. The largest absolute Gasteiger partial charge is 0.381 e. The molecule has 2 heterocycles. The van der Waals surface area contributed by atoms with Gasteiger partial charge in [-0.2, -0.15) is 8.78 Å². The lowest BCUT2D eigenvalue weighted by molar-refractivity contribution is -0.185. The van der Waals surface area contributed by atoms with Crippen molar-refractivity contribution in [2.75, 3.05) is 32.9 Å². The molecule has 1 aromatic rings. The molecule has 0 saturated carbocycles. The molecule has 2 fully saturated rings. The lowest BCUT2D eigenvalue weighted by atomic mass is 9.91. The van der Waals surface area contributed by atoms with Gasteiger partial charge in [-0.25, -0.2) is 0 Å². The highest BCUT2D eigenvalue weighted by Gasteiger charge is 2.48. The van der Waals surface area contributed by atoms with Gasteiger partial charge in [0.2, 0.25) is 0 Å². The number of benzene rings is 1. The molecule has 0 atom stereocenters. The van der Waals surface area contributed by atoms with Crippen molar-refractivity contribution < 1.29 is 23.0 Å². The summed E-state index contributed by atoms with van der Waals surface area (Å²) >= 11 is 0. The summed E-state index contributed by atoms with van der Waals surface area (Å²) < 4.78 is 40.0. The van der Waals surface area contributed by atoms with E-state index in [1.807, 2.05) is 0 Å². The summed E-state index contributed by atoms with van der Waals surface area (Å²) in [4.78, 5) is 13.6. The third-order valence-corrected chi connectivity index (χ3v) is 4.34. The Kier molecular flexibility index (Phi) is 4.14. The molecule has 2 aliphatic heterocycles. The van der Waals surface area contributed by atoms with Gasteiger partial charge in [0, 0.05) is 38.2 Å². The molecule has 0 aromatic heterocycles. The lowest BCUT2D eigenvalue weighted by Gasteiger charge is -2.45. The Hall–Kier alpha value is -1.53. The molecule has 120 valence electrons. The molecule has 0 unspecified atom stereocenters. The number of carbonyl (C=O) groups excluding carboxylic acids is 1. The maximum absolute atomic E-state index is 14.4. The van der Waals surface area contributed by atoms with Crippen molar-refractivity contribution in [3.05, 3.63) is 35.9 Å². The van der Waals surface area contributed by atoms with Crippen LogP contribution in [0.4, 0.5) is 8.78 Å². The Bertz CT molecular complexity index is 524. The minimum absolute atomic E-state index is 0.198. The number of ether oxygens (including phenoxy) is 2. The summed E-state index contributed by atoms with van der Waals surface area (Å²) in [5, 5.41) is 0. The van der Waals surface area contributed by atoms with Crippen molar-refractivity contribution in [1.29, 1.82) is 0 Å². The smallest absolute Gasteiger partial charge is 0.349 e. The van der Waals surface area contributed by atoms with E-state index in [-0.39, 0.29) is 25.3 Å². The maximum atomic E-state index is 14.4. The van der Waals surface area contributed by atoms with E-state index in [1.54, 1.807) is 6.07 Å². The third kappa shape index (κ3) is 2.85. The molecule has 1 amide bonds. The Labute approximate surface area is 128 Å². The minimum atomic E-state index is -3.51. The summed E-state index contributed by atoms with van der Waals surface area (Å²) in [5.74, 6) is -4.65. The first kappa shape index (κ1) is 15.4. The monoisotopic (exact) mass is 311 g/mol. The number of halogens is 2. The second kappa shape index (κ2) is 5.93. The quantitative estimate of drug-likeness (QED) is 0.840. The van der Waals surface area contributed by atoms with E-state index in [4.69, 9.17) is 9.47 Å². The first-order valence-electron chi connectivity index (χ1n) is 7.48. The molecule has 0 aliphatic carbocycles. The molecule has 0 radical (unpaired) electrons. The second-order valence-electron chi connectivity index (χ2n) is 5.81. The molecule has 0 bridgehead atoms. The zero-order valence-corrected chi connectivity index (χ0v) is 12.3. The van der Waals surface area contributed by atoms with Crippen LogP contribution in [0.3, 0.4) is 0 Å². The van der Waals surface area contributed by atoms with Crippen molar-refractivity contribution >= 4 is 5.91 Å². The van der Waals surface area contributed by atoms with E-state index >= 15 is 0 Å². The highest BCUT2D eigenvalue weighted by Crippen LogP contribution is 2.34. The fourth-order valence-electron chi connectivity index (χ4n) is 3.03. The average molecular weight is 311 g/mol. The Balaban J connectivity index is 1.76. The maximum Gasteiger partial charge on any atom is 0.349 e. The molecule has 0 N–H and O–H groups in total. The summed E-state index contributed by atoms with van der Waals surface area (Å²) in [6.07, 6.45) is 1.27. The van der Waals surface area contributed by atoms with E-state index in [1.165, 1.54) is 29.2 Å². The molecule has 1 spiro atoms. The summed E-state index contributed by atoms with van der Waals surface area (Å²) in [7, 11) is 0. The Morgan fingerprint density at radius 2 is 1.82 bits per heavy atom. The lowest BCUT2D eigenvalue weighted by Crippen LogP contribution is -2.58. The Morgan fingerprint density at radius 3 is 2.50 bits per heavy atom. The number of hydrogen-bond donors (Lipinski definition) is 0. The summed E-state index contributed by atoms with van der Waals surface area (Å²) in [6, 6.07) is 7.23. The average Bonchev–Trinajstić information content (AvgIpc) is 2.55. The number of hydrogen-bond acceptors (Lipinski definition) is 3. The van der Waals surface area contributed by atoms with Crippen LogP contribution < -0.4 is 0 Å². The predicted octanol–water partition coefficient (Wildman–Crippen LogP) is 2.19. The van der Waals surface area contributed by atoms with Gasteiger partial charge in [0.05, 0.1) is 18.8 Å². The number of rotatable bonds is 2. The van der Waals surface area contributed by atoms with Gasteiger partial charge < -0.3 is 14.4 Å². The number of amides is 1. The molecule has 2 saturated heterocycles. The van der Waals surface area contributed by atoms with Crippen LogP contribution in [0.1, 0.15) is 18.4 Å². The van der Waals surface area contributed by atoms with Gasteiger partial charge in [-0.15, -0.1) is 0 Å². The van der Waals surface area contributed by atoms with Gasteiger partial charge in [-0.1, -0.05) is 30.3 Å². The number of alkyl halides is 2. The summed E-state index contributed by atoms with van der Waals surface area (Å²) in [5.41, 5.74) is -0.800. The number of nitrogens with zero attached hydrogens (tertiary/aromatic N) is 1. The molecular formula is C16H19F2NO3. The van der Waals surface area contributed by atoms with Crippen LogP contribution in [0, 0.1) is 0 Å². The SMILES string of the molecule is O=C(N1CCOC2(CCOCC2)C1)C(F)(F)c1ccccc1. The van der Waals surface area contributed by atoms with E-state index in [0.29, 0.717) is 26.1 Å². The molecular weight excluding hydrogens is 292 g/mol. The van der Waals surface area contributed by atoms with Crippen LogP contribution in [0.25, 0.3) is 0 Å². The van der Waals surface area contributed by atoms with Crippen LogP contribution >= 0.6 is 0 Å². The van der Waals surface area contributed by atoms with Gasteiger partial charge in [0.1, 0.15) is 0 Å². The fourth-order valence-corrected chi connectivity index (χ4v) is 3.03. The topological polar surface area (TPSA) is 38.8 Å². The van der Waals surface area contributed by atoms with Crippen molar-refractivity contribution in [2.24, 2.45) is 0 Å². The van der Waals surface area contributed by atoms with Crippen molar-refractivity contribution in [3.63, 3.8) is 0 Å². The Morgan fingerprint density at radius 1 is 1.14 bits per heavy atom. The van der Waals surface area contributed by atoms with Crippen molar-refractivity contribution in [1.82, 2.24) is 4.90 Å². The molecule has 1 aromatic carbocycles.